The van der Waals surface area contributed by atoms with E-state index in [1.165, 1.54) is 0 Å². The molecule has 3 heteroatoms. The highest BCUT2D eigenvalue weighted by Gasteiger charge is 2.54. The summed E-state index contributed by atoms with van der Waals surface area (Å²) in [7, 11) is 0. The molecular weight excluding hydrogens is 202 g/mol. The molecule has 1 N–H and O–H groups in total. The third kappa shape index (κ3) is 1.24. The van der Waals surface area contributed by atoms with Gasteiger partial charge in [-0.1, -0.05) is 6.07 Å². The average molecular weight is 217 g/mol. The van der Waals surface area contributed by atoms with E-state index in [9.17, 15) is 9.90 Å². The molecule has 2 bridgehead atoms. The van der Waals surface area contributed by atoms with Gasteiger partial charge in [0.05, 0.1) is 16.7 Å². The summed E-state index contributed by atoms with van der Waals surface area (Å²) in [5.41, 5.74) is -0.221. The van der Waals surface area contributed by atoms with Crippen molar-refractivity contribution in [2.45, 2.75) is 43.1 Å². The van der Waals surface area contributed by atoms with Crippen molar-refractivity contribution in [3.8, 4) is 0 Å². The third-order valence-corrected chi connectivity index (χ3v) is 4.21. The quantitative estimate of drug-likeness (QED) is 0.777. The Morgan fingerprint density at radius 1 is 1.19 bits per heavy atom. The Labute approximate surface area is 94.5 Å². The van der Waals surface area contributed by atoms with E-state index in [1.54, 1.807) is 6.20 Å². The molecule has 0 radical (unpaired) electrons. The van der Waals surface area contributed by atoms with Crippen LogP contribution in [0.4, 0.5) is 0 Å². The highest BCUT2D eigenvalue weighted by Crippen LogP contribution is 2.50. The van der Waals surface area contributed by atoms with Crippen molar-refractivity contribution in [1.29, 1.82) is 0 Å². The summed E-state index contributed by atoms with van der Waals surface area (Å²) in [6.45, 7) is 0. The zero-order chi connectivity index (χ0) is 11.2. The van der Waals surface area contributed by atoms with E-state index in [2.05, 4.69) is 4.98 Å². The van der Waals surface area contributed by atoms with Gasteiger partial charge in [0.25, 0.3) is 0 Å². The van der Waals surface area contributed by atoms with Crippen molar-refractivity contribution >= 4 is 5.78 Å². The normalized spacial score (nSPS) is 37.7. The topological polar surface area (TPSA) is 50.2 Å². The first-order chi connectivity index (χ1) is 7.65. The van der Waals surface area contributed by atoms with Gasteiger partial charge in [0.1, 0.15) is 5.78 Å². The van der Waals surface area contributed by atoms with E-state index >= 15 is 0 Å². The molecule has 0 aromatic carbocycles. The highest BCUT2D eigenvalue weighted by atomic mass is 16.3. The molecule has 84 valence electrons. The number of pyridine rings is 1. The fourth-order valence-corrected chi connectivity index (χ4v) is 3.11. The lowest BCUT2D eigenvalue weighted by Gasteiger charge is -2.49. The molecule has 1 aromatic heterocycles. The van der Waals surface area contributed by atoms with Gasteiger partial charge < -0.3 is 5.11 Å². The minimum absolute atomic E-state index is 0.172. The molecular formula is C13H15NO2. The Balaban J connectivity index is 2.03. The van der Waals surface area contributed by atoms with E-state index in [-0.39, 0.29) is 5.78 Å². The fourth-order valence-electron chi connectivity index (χ4n) is 3.11. The van der Waals surface area contributed by atoms with Gasteiger partial charge >= 0.3 is 0 Å². The van der Waals surface area contributed by atoms with Gasteiger partial charge in [0.2, 0.25) is 0 Å². The highest BCUT2D eigenvalue weighted by molar-refractivity contribution is 5.92. The number of ketones is 1. The Morgan fingerprint density at radius 2 is 1.94 bits per heavy atom. The second kappa shape index (κ2) is 3.14. The molecule has 3 aliphatic rings. The molecule has 0 atom stereocenters. The second-order valence-corrected chi connectivity index (χ2v) is 5.12. The summed E-state index contributed by atoms with van der Waals surface area (Å²) in [5.74, 6) is 0.172. The van der Waals surface area contributed by atoms with Crippen LogP contribution >= 0.6 is 0 Å². The lowest BCUT2D eigenvalue weighted by molar-refractivity contribution is -0.145. The van der Waals surface area contributed by atoms with Gasteiger partial charge in [-0.25, -0.2) is 0 Å². The van der Waals surface area contributed by atoms with E-state index in [0.717, 1.165) is 31.4 Å². The third-order valence-electron chi connectivity index (χ3n) is 4.21. The summed E-state index contributed by atoms with van der Waals surface area (Å²) in [4.78, 5) is 16.5. The number of hydrogen-bond donors (Lipinski definition) is 1. The van der Waals surface area contributed by atoms with E-state index in [0.29, 0.717) is 6.42 Å². The lowest BCUT2D eigenvalue weighted by atomic mass is 9.56. The van der Waals surface area contributed by atoms with Crippen molar-refractivity contribution in [3.63, 3.8) is 0 Å². The molecule has 0 aliphatic heterocycles. The van der Waals surface area contributed by atoms with E-state index < -0.39 is 11.0 Å². The number of carbonyl (C=O) groups is 1. The molecule has 3 aliphatic carbocycles. The fraction of sp³-hybridized carbons (Fsp3) is 0.538. The number of rotatable bonds is 1. The van der Waals surface area contributed by atoms with Crippen LogP contribution in [0.3, 0.4) is 0 Å². The molecule has 16 heavy (non-hydrogen) atoms. The van der Waals surface area contributed by atoms with E-state index in [4.69, 9.17) is 0 Å². The first kappa shape index (κ1) is 9.97. The van der Waals surface area contributed by atoms with Crippen LogP contribution in [0, 0.1) is 0 Å². The number of carbonyl (C=O) groups excluding carboxylic acids is 1. The van der Waals surface area contributed by atoms with Crippen LogP contribution in [0.1, 0.15) is 37.8 Å². The summed E-state index contributed by atoms with van der Waals surface area (Å²) < 4.78 is 0. The monoisotopic (exact) mass is 217 g/mol. The molecule has 3 nitrogen and oxygen atoms in total. The van der Waals surface area contributed by atoms with Gasteiger partial charge in [0, 0.05) is 12.6 Å². The SMILES string of the molecule is O=C1CC2(O)CCC1(c1ccccn1)CC2. The molecule has 1 heterocycles. The number of nitrogens with zero attached hydrogens (tertiary/aromatic N) is 1. The van der Waals surface area contributed by atoms with Crippen LogP contribution in [0.25, 0.3) is 0 Å². The molecule has 1 aromatic rings. The van der Waals surface area contributed by atoms with Crippen LogP contribution in [0.2, 0.25) is 0 Å². The first-order valence-corrected chi connectivity index (χ1v) is 5.82. The predicted octanol–water partition coefficient (Wildman–Crippen LogP) is 1.60. The zero-order valence-electron chi connectivity index (χ0n) is 9.15. The molecule has 3 fully saturated rings. The first-order valence-electron chi connectivity index (χ1n) is 5.82. The average Bonchev–Trinajstić information content (AvgIpc) is 2.30. The molecule has 4 rings (SSSR count). The summed E-state index contributed by atoms with van der Waals surface area (Å²) >= 11 is 0. The maximum atomic E-state index is 12.2. The maximum Gasteiger partial charge on any atom is 0.147 e. The van der Waals surface area contributed by atoms with Crippen molar-refractivity contribution in [2.75, 3.05) is 0 Å². The van der Waals surface area contributed by atoms with Crippen LogP contribution in [-0.4, -0.2) is 21.5 Å². The summed E-state index contributed by atoms with van der Waals surface area (Å²) in [6, 6.07) is 5.74. The number of aliphatic hydroxyl groups is 1. The summed E-state index contributed by atoms with van der Waals surface area (Å²) in [6.07, 6.45) is 5.01. The molecule has 0 spiro atoms. The van der Waals surface area contributed by atoms with Crippen LogP contribution in [0.5, 0.6) is 0 Å². The number of fused-ring (bicyclic) bond motifs is 3. The van der Waals surface area contributed by atoms with Crippen molar-refractivity contribution < 1.29 is 9.90 Å². The largest absolute Gasteiger partial charge is 0.389 e. The lowest BCUT2D eigenvalue weighted by Crippen LogP contribution is -2.54. The maximum absolute atomic E-state index is 12.2. The molecule has 0 saturated heterocycles. The van der Waals surface area contributed by atoms with Gasteiger partial charge in [-0.2, -0.15) is 0 Å². The second-order valence-electron chi connectivity index (χ2n) is 5.12. The van der Waals surface area contributed by atoms with Crippen LogP contribution in [-0.2, 0) is 10.2 Å². The number of hydrogen-bond acceptors (Lipinski definition) is 3. The van der Waals surface area contributed by atoms with Crippen molar-refractivity contribution in [2.24, 2.45) is 0 Å². The molecule has 3 saturated carbocycles. The van der Waals surface area contributed by atoms with Crippen molar-refractivity contribution in [1.82, 2.24) is 4.98 Å². The Kier molecular flexibility index (Phi) is 1.96. The number of aromatic nitrogens is 1. The van der Waals surface area contributed by atoms with Gasteiger partial charge in [-0.3, -0.25) is 9.78 Å². The minimum Gasteiger partial charge on any atom is -0.389 e. The predicted molar refractivity (Wildman–Crippen MR) is 59.0 cm³/mol. The van der Waals surface area contributed by atoms with E-state index in [1.807, 2.05) is 18.2 Å². The Bertz CT molecular complexity index is 419. The van der Waals surface area contributed by atoms with Gasteiger partial charge in [0.15, 0.2) is 0 Å². The Morgan fingerprint density at radius 3 is 2.50 bits per heavy atom. The van der Waals surface area contributed by atoms with Gasteiger partial charge in [-0.15, -0.1) is 0 Å². The van der Waals surface area contributed by atoms with Crippen molar-refractivity contribution in [3.05, 3.63) is 30.1 Å². The zero-order valence-corrected chi connectivity index (χ0v) is 9.15. The molecule has 0 amide bonds. The molecule has 0 unspecified atom stereocenters. The summed E-state index contributed by atoms with van der Waals surface area (Å²) in [5, 5.41) is 10.1. The van der Waals surface area contributed by atoms with Crippen LogP contribution in [0.15, 0.2) is 24.4 Å². The smallest absolute Gasteiger partial charge is 0.147 e. The minimum atomic E-state index is -0.715. The van der Waals surface area contributed by atoms with Crippen LogP contribution < -0.4 is 0 Å². The standard InChI is InChI=1S/C13H15NO2/c15-11-9-12(16)4-6-13(11,7-5-12)10-3-1-2-8-14-10/h1-3,8,16H,4-7,9H2. The van der Waals surface area contributed by atoms with Gasteiger partial charge in [-0.05, 0) is 37.8 Å². The Hall–Kier alpha value is -1.22. The number of Topliss-reactive ketones (excluding diaryl/α,β-unsaturated/α-hetero) is 1.